The van der Waals surface area contributed by atoms with Crippen LogP contribution in [0.15, 0.2) is 90.2 Å². The molecule has 0 aromatic heterocycles. The third-order valence-electron chi connectivity index (χ3n) is 6.42. The smallest absolute Gasteiger partial charge is 0.336 e. The van der Waals surface area contributed by atoms with Crippen LogP contribution < -0.4 is 0 Å². The number of benzene rings is 3. The van der Waals surface area contributed by atoms with Gasteiger partial charge in [-0.2, -0.15) is 0 Å². The van der Waals surface area contributed by atoms with Gasteiger partial charge in [0.15, 0.2) is 0 Å². The summed E-state index contributed by atoms with van der Waals surface area (Å²) in [5, 5.41) is 53.7. The highest BCUT2D eigenvalue weighted by molar-refractivity contribution is 5.91. The molecule has 3 aromatic rings. The number of hydrogen-bond donors (Lipinski definition) is 3. The van der Waals surface area contributed by atoms with E-state index >= 15 is 0 Å². The van der Waals surface area contributed by atoms with Gasteiger partial charge < -0.3 is 15.3 Å². The third-order valence-corrected chi connectivity index (χ3v) is 6.42. The topological polar surface area (TPSA) is 184 Å². The van der Waals surface area contributed by atoms with Gasteiger partial charge >= 0.3 is 11.9 Å². The van der Waals surface area contributed by atoms with E-state index in [0.717, 1.165) is 0 Å². The standard InChI is InChI=1S/C26H21N3O9/c30-24-20(25(31)32)22(16-6-10-18(11-7-16)28(35)36)27(14-15-4-2-1-3-5-15)23(21(24)26(33)34)17-8-12-19(13-9-17)29(37)38/h1-13,20,22-23,30H,14H2,(H,31,32)(H,33,34)/t20?,22-,23-/m0/s1. The van der Waals surface area contributed by atoms with E-state index in [2.05, 4.69) is 0 Å². The Morgan fingerprint density at radius 2 is 1.29 bits per heavy atom. The second kappa shape index (κ2) is 10.5. The number of nitro groups is 2. The first-order valence-corrected chi connectivity index (χ1v) is 11.3. The highest BCUT2D eigenvalue weighted by Gasteiger charge is 2.49. The number of hydrogen-bond acceptors (Lipinski definition) is 8. The van der Waals surface area contributed by atoms with Crippen molar-refractivity contribution in [2.75, 3.05) is 0 Å². The average molecular weight is 519 g/mol. The molecule has 0 bridgehead atoms. The van der Waals surface area contributed by atoms with E-state index in [0.29, 0.717) is 11.1 Å². The zero-order chi connectivity index (χ0) is 27.6. The van der Waals surface area contributed by atoms with Crippen LogP contribution in [0.3, 0.4) is 0 Å². The van der Waals surface area contributed by atoms with Crippen LogP contribution in [0.5, 0.6) is 0 Å². The van der Waals surface area contributed by atoms with Gasteiger partial charge in [-0.15, -0.1) is 0 Å². The van der Waals surface area contributed by atoms with Crippen LogP contribution in [0.2, 0.25) is 0 Å². The number of carboxylic acids is 2. The lowest BCUT2D eigenvalue weighted by Gasteiger charge is -2.45. The maximum absolute atomic E-state index is 12.5. The molecule has 12 heteroatoms. The first kappa shape index (κ1) is 26.0. The Morgan fingerprint density at radius 1 is 0.789 bits per heavy atom. The van der Waals surface area contributed by atoms with E-state index in [4.69, 9.17) is 0 Å². The molecule has 38 heavy (non-hydrogen) atoms. The number of carbonyl (C=O) groups is 2. The van der Waals surface area contributed by atoms with Crippen LogP contribution in [0.25, 0.3) is 0 Å². The largest absolute Gasteiger partial charge is 0.511 e. The van der Waals surface area contributed by atoms with Crippen LogP contribution >= 0.6 is 0 Å². The van der Waals surface area contributed by atoms with Crippen molar-refractivity contribution in [2.24, 2.45) is 5.92 Å². The summed E-state index contributed by atoms with van der Waals surface area (Å²) in [6.07, 6.45) is 0. The van der Waals surface area contributed by atoms with Crippen LogP contribution in [-0.4, -0.2) is 42.0 Å². The first-order valence-electron chi connectivity index (χ1n) is 11.3. The molecule has 1 aliphatic rings. The van der Waals surface area contributed by atoms with E-state index in [1.807, 2.05) is 0 Å². The summed E-state index contributed by atoms with van der Waals surface area (Å²) in [5.41, 5.74) is 0.207. The molecule has 0 saturated carbocycles. The molecule has 12 nitrogen and oxygen atoms in total. The second-order valence-electron chi connectivity index (χ2n) is 8.62. The Kier molecular flexibility index (Phi) is 7.17. The second-order valence-corrected chi connectivity index (χ2v) is 8.62. The van der Waals surface area contributed by atoms with Crippen molar-refractivity contribution < 1.29 is 34.8 Å². The van der Waals surface area contributed by atoms with Crippen molar-refractivity contribution in [3.8, 4) is 0 Å². The first-order chi connectivity index (χ1) is 18.1. The van der Waals surface area contributed by atoms with Gasteiger partial charge in [-0.25, -0.2) is 4.79 Å². The van der Waals surface area contributed by atoms with E-state index in [9.17, 15) is 45.1 Å². The molecule has 194 valence electrons. The van der Waals surface area contributed by atoms with E-state index in [1.165, 1.54) is 48.5 Å². The molecule has 3 N–H and O–H groups in total. The summed E-state index contributed by atoms with van der Waals surface area (Å²) in [6.45, 7) is 0.0258. The fraction of sp³-hybridized carbons (Fsp3) is 0.154. The zero-order valence-corrected chi connectivity index (χ0v) is 19.6. The summed E-state index contributed by atoms with van der Waals surface area (Å²) in [6, 6.07) is 16.6. The van der Waals surface area contributed by atoms with Gasteiger partial charge in [-0.1, -0.05) is 54.6 Å². The maximum atomic E-state index is 12.5. The van der Waals surface area contributed by atoms with Gasteiger partial charge in [-0.3, -0.25) is 29.9 Å². The van der Waals surface area contributed by atoms with Gasteiger partial charge in [0.25, 0.3) is 11.4 Å². The Hall–Kier alpha value is -5.10. The quantitative estimate of drug-likeness (QED) is 0.285. The number of nitro benzene ring substituents is 2. The Morgan fingerprint density at radius 3 is 1.74 bits per heavy atom. The SMILES string of the molecule is O=C(O)C1=C(O)C(C(=O)O)[C@H](c2ccc([N+](=O)[O-])cc2)N(Cc2ccccc2)[C@H]1c1ccc([N+](=O)[O-])cc1. The highest BCUT2D eigenvalue weighted by Crippen LogP contribution is 2.48. The van der Waals surface area contributed by atoms with Crippen LogP contribution in [0.1, 0.15) is 28.8 Å². The predicted molar refractivity (Wildman–Crippen MR) is 132 cm³/mol. The highest BCUT2D eigenvalue weighted by atomic mass is 16.6. The molecule has 1 unspecified atom stereocenters. The fourth-order valence-corrected chi connectivity index (χ4v) is 4.75. The summed E-state index contributed by atoms with van der Waals surface area (Å²) < 4.78 is 0. The minimum Gasteiger partial charge on any atom is -0.511 e. The lowest BCUT2D eigenvalue weighted by atomic mass is 9.79. The average Bonchev–Trinajstić information content (AvgIpc) is 2.89. The van der Waals surface area contributed by atoms with Gasteiger partial charge in [0, 0.05) is 30.8 Å². The number of rotatable bonds is 8. The summed E-state index contributed by atoms with van der Waals surface area (Å²) in [5.74, 6) is -5.65. The van der Waals surface area contributed by atoms with Gasteiger partial charge in [0.1, 0.15) is 11.7 Å². The molecule has 4 rings (SSSR count). The van der Waals surface area contributed by atoms with Crippen LogP contribution in [0, 0.1) is 26.1 Å². The van der Waals surface area contributed by atoms with E-state index < -0.39 is 51.1 Å². The molecule has 1 aliphatic heterocycles. The Balaban J connectivity index is 1.98. The minimum atomic E-state index is -1.72. The molecular formula is C26H21N3O9. The van der Waals surface area contributed by atoms with Crippen LogP contribution in [0.4, 0.5) is 11.4 Å². The molecule has 0 amide bonds. The predicted octanol–water partition coefficient (Wildman–Crippen LogP) is 4.40. The number of aliphatic carboxylic acids is 2. The zero-order valence-electron chi connectivity index (χ0n) is 19.6. The summed E-state index contributed by atoms with van der Waals surface area (Å²) in [7, 11) is 0. The molecule has 0 fully saturated rings. The number of carboxylic acid groups (broad SMARTS) is 2. The van der Waals surface area contributed by atoms with Gasteiger partial charge in [0.05, 0.1) is 27.5 Å². The number of non-ortho nitro benzene ring substituents is 2. The van der Waals surface area contributed by atoms with Crippen molar-refractivity contribution in [3.63, 3.8) is 0 Å². The molecule has 0 aliphatic carbocycles. The normalized spacial score (nSPS) is 19.6. The van der Waals surface area contributed by atoms with Crippen molar-refractivity contribution in [1.29, 1.82) is 0 Å². The molecular weight excluding hydrogens is 498 g/mol. The van der Waals surface area contributed by atoms with Gasteiger partial charge in [-0.05, 0) is 16.7 Å². The molecule has 0 saturated heterocycles. The number of nitrogens with zero attached hydrogens (tertiary/aromatic N) is 3. The Labute approximate surface area is 215 Å². The lowest BCUT2D eigenvalue weighted by Crippen LogP contribution is -2.46. The van der Waals surface area contributed by atoms with Gasteiger partial charge in [0.2, 0.25) is 0 Å². The number of aliphatic hydroxyl groups is 1. The lowest BCUT2D eigenvalue weighted by molar-refractivity contribution is -0.385. The summed E-state index contributed by atoms with van der Waals surface area (Å²) in [4.78, 5) is 47.6. The van der Waals surface area contributed by atoms with Crippen molar-refractivity contribution in [1.82, 2.24) is 4.90 Å². The molecule has 0 spiro atoms. The van der Waals surface area contributed by atoms with E-state index in [-0.39, 0.29) is 23.5 Å². The van der Waals surface area contributed by atoms with Crippen molar-refractivity contribution >= 4 is 23.3 Å². The fourth-order valence-electron chi connectivity index (χ4n) is 4.75. The van der Waals surface area contributed by atoms with Crippen molar-refractivity contribution in [3.05, 3.63) is 127 Å². The molecule has 3 atom stereocenters. The monoisotopic (exact) mass is 519 g/mol. The third kappa shape index (κ3) is 4.92. The molecule has 1 heterocycles. The van der Waals surface area contributed by atoms with Crippen LogP contribution in [-0.2, 0) is 16.1 Å². The maximum Gasteiger partial charge on any atom is 0.336 e. The Bertz CT molecular complexity index is 1420. The van der Waals surface area contributed by atoms with E-state index in [1.54, 1.807) is 35.2 Å². The molecule has 3 aromatic carbocycles. The summed E-state index contributed by atoms with van der Waals surface area (Å²) >= 11 is 0. The number of aliphatic hydroxyl groups excluding tert-OH is 1. The molecule has 0 radical (unpaired) electrons. The van der Waals surface area contributed by atoms with Crippen molar-refractivity contribution in [2.45, 2.75) is 18.6 Å². The minimum absolute atomic E-state index is 0.0258.